The summed E-state index contributed by atoms with van der Waals surface area (Å²) in [7, 11) is 0. The number of benzene rings is 1. The predicted octanol–water partition coefficient (Wildman–Crippen LogP) is 5.11. The molecular formula is C13H13BrCl2N4. The lowest BCUT2D eigenvalue weighted by molar-refractivity contribution is 0.953. The monoisotopic (exact) mass is 374 g/mol. The highest BCUT2D eigenvalue weighted by molar-refractivity contribution is 9.10. The van der Waals surface area contributed by atoms with E-state index in [-0.39, 0.29) is 0 Å². The number of hydrogen-bond acceptors (Lipinski definition) is 4. The van der Waals surface area contributed by atoms with Crippen LogP contribution in [-0.2, 0) is 0 Å². The number of anilines is 3. The molecule has 1 aromatic carbocycles. The first-order chi connectivity index (χ1) is 9.60. The van der Waals surface area contributed by atoms with Crippen molar-refractivity contribution in [2.24, 2.45) is 0 Å². The summed E-state index contributed by atoms with van der Waals surface area (Å²) in [6.07, 6.45) is 2.57. The second kappa shape index (κ2) is 7.11. The third kappa shape index (κ3) is 3.98. The molecule has 0 saturated carbocycles. The van der Waals surface area contributed by atoms with Gasteiger partial charge in [0.15, 0.2) is 5.82 Å². The molecule has 0 unspecified atom stereocenters. The van der Waals surface area contributed by atoms with Gasteiger partial charge in [0, 0.05) is 16.0 Å². The van der Waals surface area contributed by atoms with Crippen LogP contribution in [-0.4, -0.2) is 16.5 Å². The van der Waals surface area contributed by atoms with Crippen molar-refractivity contribution in [3.05, 3.63) is 38.9 Å². The zero-order chi connectivity index (χ0) is 14.5. The maximum Gasteiger partial charge on any atom is 0.224 e. The van der Waals surface area contributed by atoms with Crippen LogP contribution in [0.15, 0.2) is 28.9 Å². The molecule has 0 radical (unpaired) electrons. The minimum atomic E-state index is 0.453. The SMILES string of the molecule is CCCNc1ncc(Cl)c(Nc2ccc(Cl)cc2Br)n1. The lowest BCUT2D eigenvalue weighted by Gasteiger charge is -2.11. The van der Waals surface area contributed by atoms with Crippen molar-refractivity contribution in [3.8, 4) is 0 Å². The molecule has 106 valence electrons. The average molecular weight is 376 g/mol. The molecule has 0 bridgehead atoms. The molecule has 2 rings (SSSR count). The van der Waals surface area contributed by atoms with E-state index in [1.54, 1.807) is 18.3 Å². The highest BCUT2D eigenvalue weighted by atomic mass is 79.9. The summed E-state index contributed by atoms with van der Waals surface area (Å²) in [6.45, 7) is 2.89. The molecule has 0 aliphatic carbocycles. The van der Waals surface area contributed by atoms with Gasteiger partial charge in [-0.25, -0.2) is 4.98 Å². The van der Waals surface area contributed by atoms with Crippen molar-refractivity contribution in [1.82, 2.24) is 9.97 Å². The van der Waals surface area contributed by atoms with E-state index in [0.29, 0.717) is 21.8 Å². The van der Waals surface area contributed by atoms with Crippen LogP contribution in [0.25, 0.3) is 0 Å². The number of aromatic nitrogens is 2. The molecule has 0 spiro atoms. The van der Waals surface area contributed by atoms with Gasteiger partial charge in [-0.2, -0.15) is 4.98 Å². The molecule has 1 aromatic heterocycles. The van der Waals surface area contributed by atoms with E-state index in [1.807, 2.05) is 6.07 Å². The van der Waals surface area contributed by atoms with Crippen LogP contribution >= 0.6 is 39.1 Å². The first-order valence-corrected chi connectivity index (χ1v) is 7.63. The Bertz CT molecular complexity index is 607. The minimum Gasteiger partial charge on any atom is -0.354 e. The van der Waals surface area contributed by atoms with Gasteiger partial charge in [0.2, 0.25) is 5.95 Å². The maximum atomic E-state index is 6.11. The Morgan fingerprint density at radius 3 is 2.80 bits per heavy atom. The summed E-state index contributed by atoms with van der Waals surface area (Å²) in [6, 6.07) is 5.44. The molecule has 2 N–H and O–H groups in total. The smallest absolute Gasteiger partial charge is 0.224 e. The summed E-state index contributed by atoms with van der Waals surface area (Å²) < 4.78 is 0.836. The van der Waals surface area contributed by atoms with Gasteiger partial charge >= 0.3 is 0 Å². The predicted molar refractivity (Wildman–Crippen MR) is 88.3 cm³/mol. The Balaban J connectivity index is 2.23. The third-order valence-electron chi connectivity index (χ3n) is 2.46. The molecule has 0 fully saturated rings. The molecular weight excluding hydrogens is 363 g/mol. The van der Waals surface area contributed by atoms with E-state index >= 15 is 0 Å². The molecule has 20 heavy (non-hydrogen) atoms. The minimum absolute atomic E-state index is 0.453. The molecule has 7 heteroatoms. The Hall–Kier alpha value is -1.04. The van der Waals surface area contributed by atoms with E-state index in [9.17, 15) is 0 Å². The van der Waals surface area contributed by atoms with Crippen molar-refractivity contribution in [2.75, 3.05) is 17.2 Å². The zero-order valence-corrected chi connectivity index (χ0v) is 13.8. The normalized spacial score (nSPS) is 10.4. The molecule has 0 amide bonds. The van der Waals surface area contributed by atoms with Gasteiger partial charge in [-0.15, -0.1) is 0 Å². The van der Waals surface area contributed by atoms with Gasteiger partial charge in [-0.1, -0.05) is 30.1 Å². The van der Waals surface area contributed by atoms with E-state index < -0.39 is 0 Å². The molecule has 0 aliphatic rings. The van der Waals surface area contributed by atoms with Crippen molar-refractivity contribution >= 4 is 56.6 Å². The fourth-order valence-electron chi connectivity index (χ4n) is 1.50. The van der Waals surface area contributed by atoms with Gasteiger partial charge in [0.25, 0.3) is 0 Å². The van der Waals surface area contributed by atoms with Crippen molar-refractivity contribution in [2.45, 2.75) is 13.3 Å². The van der Waals surface area contributed by atoms with Crippen LogP contribution < -0.4 is 10.6 Å². The highest BCUT2D eigenvalue weighted by Crippen LogP contribution is 2.30. The van der Waals surface area contributed by atoms with E-state index in [4.69, 9.17) is 23.2 Å². The maximum absolute atomic E-state index is 6.11. The Morgan fingerprint density at radius 1 is 1.30 bits per heavy atom. The molecule has 0 aliphatic heterocycles. The molecule has 2 aromatic rings. The third-order valence-corrected chi connectivity index (χ3v) is 3.63. The fourth-order valence-corrected chi connectivity index (χ4v) is 2.42. The van der Waals surface area contributed by atoms with Gasteiger partial charge in [0.1, 0.15) is 5.02 Å². The topological polar surface area (TPSA) is 49.8 Å². The number of nitrogens with zero attached hydrogens (tertiary/aromatic N) is 2. The zero-order valence-electron chi connectivity index (χ0n) is 10.8. The molecule has 0 saturated heterocycles. The van der Waals surface area contributed by atoms with Crippen LogP contribution in [0, 0.1) is 0 Å². The number of rotatable bonds is 5. The first-order valence-electron chi connectivity index (χ1n) is 6.08. The summed E-state index contributed by atoms with van der Waals surface area (Å²) in [5, 5.41) is 7.38. The first kappa shape index (κ1) is 15.4. The Labute approximate surface area is 136 Å². The van der Waals surface area contributed by atoms with Gasteiger partial charge < -0.3 is 10.6 Å². The summed E-state index contributed by atoms with van der Waals surface area (Å²) in [5.74, 6) is 1.09. The standard InChI is InChI=1S/C13H13BrCl2N4/c1-2-5-17-13-18-7-10(16)12(20-13)19-11-4-3-8(15)6-9(11)14/h3-4,6-7H,2,5H2,1H3,(H2,17,18,19,20). The van der Waals surface area contributed by atoms with Crippen LogP contribution in [0.3, 0.4) is 0 Å². The van der Waals surface area contributed by atoms with E-state index in [0.717, 1.165) is 23.1 Å². The summed E-state index contributed by atoms with van der Waals surface area (Å²) >= 11 is 15.5. The molecule has 0 atom stereocenters. The van der Waals surface area contributed by atoms with Gasteiger partial charge in [-0.3, -0.25) is 0 Å². The summed E-state index contributed by atoms with van der Waals surface area (Å²) in [4.78, 5) is 8.48. The number of nitrogens with one attached hydrogen (secondary N) is 2. The quantitative estimate of drug-likeness (QED) is 0.762. The fraction of sp³-hybridized carbons (Fsp3) is 0.231. The van der Waals surface area contributed by atoms with Crippen LogP contribution in [0.5, 0.6) is 0 Å². The van der Waals surface area contributed by atoms with Crippen LogP contribution in [0.1, 0.15) is 13.3 Å². The van der Waals surface area contributed by atoms with E-state index in [2.05, 4.69) is 43.5 Å². The van der Waals surface area contributed by atoms with Crippen molar-refractivity contribution < 1.29 is 0 Å². The number of hydrogen-bond donors (Lipinski definition) is 2. The second-order valence-electron chi connectivity index (χ2n) is 4.07. The van der Waals surface area contributed by atoms with Crippen LogP contribution in [0.2, 0.25) is 10.0 Å². The highest BCUT2D eigenvalue weighted by Gasteiger charge is 2.08. The second-order valence-corrected chi connectivity index (χ2v) is 5.76. The number of halogens is 3. The molecule has 1 heterocycles. The van der Waals surface area contributed by atoms with Gasteiger partial charge in [0.05, 0.1) is 11.9 Å². The lowest BCUT2D eigenvalue weighted by atomic mass is 10.3. The molecule has 4 nitrogen and oxygen atoms in total. The van der Waals surface area contributed by atoms with Gasteiger partial charge in [-0.05, 0) is 40.5 Å². The largest absolute Gasteiger partial charge is 0.354 e. The van der Waals surface area contributed by atoms with E-state index in [1.165, 1.54) is 0 Å². The lowest BCUT2D eigenvalue weighted by Crippen LogP contribution is -2.06. The van der Waals surface area contributed by atoms with Crippen molar-refractivity contribution in [3.63, 3.8) is 0 Å². The Morgan fingerprint density at radius 2 is 2.10 bits per heavy atom. The summed E-state index contributed by atoms with van der Waals surface area (Å²) in [5.41, 5.74) is 0.830. The average Bonchev–Trinajstić information content (AvgIpc) is 2.42. The van der Waals surface area contributed by atoms with Crippen LogP contribution in [0.4, 0.5) is 17.5 Å². The van der Waals surface area contributed by atoms with Crippen molar-refractivity contribution in [1.29, 1.82) is 0 Å². The Kier molecular flexibility index (Phi) is 5.46.